The molecule has 2 atom stereocenters. The lowest BCUT2D eigenvalue weighted by Gasteiger charge is -2.24. The van der Waals surface area contributed by atoms with E-state index >= 15 is 0 Å². The Bertz CT molecular complexity index is 903. The van der Waals surface area contributed by atoms with Crippen molar-refractivity contribution >= 4 is 38.9 Å². The summed E-state index contributed by atoms with van der Waals surface area (Å²) in [7, 11) is -3.68. The van der Waals surface area contributed by atoms with E-state index in [9.17, 15) is 17.6 Å². The monoisotopic (exact) mass is 416 g/mol. The summed E-state index contributed by atoms with van der Waals surface area (Å²) in [5.74, 6) is -0.895. The van der Waals surface area contributed by atoms with E-state index in [1.807, 2.05) is 0 Å². The van der Waals surface area contributed by atoms with Crippen molar-refractivity contribution in [1.29, 1.82) is 0 Å². The lowest BCUT2D eigenvalue weighted by molar-refractivity contribution is -0.124. The van der Waals surface area contributed by atoms with Crippen molar-refractivity contribution in [3.63, 3.8) is 0 Å². The van der Waals surface area contributed by atoms with Gasteiger partial charge >= 0.3 is 0 Å². The molecule has 0 bridgehead atoms. The number of thiophene rings is 1. The van der Waals surface area contributed by atoms with E-state index in [0.717, 1.165) is 11.3 Å². The van der Waals surface area contributed by atoms with Gasteiger partial charge in [0, 0.05) is 6.54 Å². The lowest BCUT2D eigenvalue weighted by atomic mass is 10.1. The minimum atomic E-state index is -3.68. The predicted molar refractivity (Wildman–Crippen MR) is 99.2 cm³/mol. The average Bonchev–Trinajstić information content (AvgIpc) is 3.29. The van der Waals surface area contributed by atoms with Crippen molar-refractivity contribution in [2.24, 2.45) is 0 Å². The van der Waals surface area contributed by atoms with Gasteiger partial charge in [-0.25, -0.2) is 12.8 Å². The molecule has 26 heavy (non-hydrogen) atoms. The van der Waals surface area contributed by atoms with Crippen LogP contribution < -0.4 is 5.32 Å². The largest absolute Gasteiger partial charge is 0.348 e. The minimum Gasteiger partial charge on any atom is -0.348 e. The second kappa shape index (κ2) is 7.64. The van der Waals surface area contributed by atoms with E-state index in [1.165, 1.54) is 22.5 Å². The Morgan fingerprint density at radius 3 is 2.85 bits per heavy atom. The number of amides is 1. The summed E-state index contributed by atoms with van der Waals surface area (Å²) in [6.45, 7) is 2.06. The molecule has 1 fully saturated rings. The second-order valence-electron chi connectivity index (χ2n) is 6.11. The Morgan fingerprint density at radius 1 is 1.42 bits per heavy atom. The van der Waals surface area contributed by atoms with Gasteiger partial charge in [-0.3, -0.25) is 4.79 Å². The number of rotatable bonds is 5. The van der Waals surface area contributed by atoms with Crippen LogP contribution in [0.25, 0.3) is 0 Å². The molecule has 0 radical (unpaired) electrons. The molecule has 1 saturated heterocycles. The highest BCUT2D eigenvalue weighted by atomic mass is 35.5. The number of carbonyl (C=O) groups excluding carboxylic acids is 1. The van der Waals surface area contributed by atoms with Crippen LogP contribution in [0.15, 0.2) is 39.9 Å². The molecule has 5 nitrogen and oxygen atoms in total. The molecular formula is C17H18ClFN2O3S2. The first-order chi connectivity index (χ1) is 12.3. The van der Waals surface area contributed by atoms with E-state index in [4.69, 9.17) is 11.6 Å². The van der Waals surface area contributed by atoms with Gasteiger partial charge in [0.05, 0.1) is 11.1 Å². The Morgan fingerprint density at radius 2 is 2.19 bits per heavy atom. The van der Waals surface area contributed by atoms with Crippen molar-refractivity contribution in [2.45, 2.75) is 36.1 Å². The first-order valence-corrected chi connectivity index (χ1v) is 10.8. The summed E-state index contributed by atoms with van der Waals surface area (Å²) < 4.78 is 40.3. The molecular weight excluding hydrogens is 399 g/mol. The molecule has 9 heteroatoms. The fraction of sp³-hybridized carbons (Fsp3) is 0.353. The number of benzene rings is 1. The molecule has 1 aromatic carbocycles. The van der Waals surface area contributed by atoms with Crippen molar-refractivity contribution in [1.82, 2.24) is 9.62 Å². The number of nitrogens with zero attached hydrogens (tertiary/aromatic N) is 1. The maximum Gasteiger partial charge on any atom is 0.253 e. The van der Waals surface area contributed by atoms with Gasteiger partial charge in [-0.1, -0.05) is 23.7 Å². The Labute approximate surface area is 160 Å². The molecule has 0 aliphatic carbocycles. The van der Waals surface area contributed by atoms with E-state index in [1.54, 1.807) is 24.4 Å². The summed E-state index contributed by atoms with van der Waals surface area (Å²) in [5, 5.41) is 4.48. The van der Waals surface area contributed by atoms with Crippen LogP contribution in [0, 0.1) is 5.82 Å². The Hall–Kier alpha value is -1.48. The zero-order valence-electron chi connectivity index (χ0n) is 14.0. The summed E-state index contributed by atoms with van der Waals surface area (Å²) in [5.41, 5.74) is 0.649. The SMILES string of the molecule is C[C@H](NC(=O)[C@@H]1CCCN1S(=O)(=O)c1cccs1)c1ccc(F)c(Cl)c1. The topological polar surface area (TPSA) is 66.5 Å². The number of hydrogen-bond acceptors (Lipinski definition) is 4. The van der Waals surface area contributed by atoms with E-state index < -0.39 is 27.9 Å². The first kappa shape index (κ1) is 19.3. The Balaban J connectivity index is 1.75. The van der Waals surface area contributed by atoms with Gasteiger partial charge < -0.3 is 5.32 Å². The minimum absolute atomic E-state index is 0.0219. The highest BCUT2D eigenvalue weighted by molar-refractivity contribution is 7.91. The maximum atomic E-state index is 13.3. The highest BCUT2D eigenvalue weighted by Crippen LogP contribution is 2.29. The molecule has 1 aromatic heterocycles. The Kier molecular flexibility index (Phi) is 5.67. The van der Waals surface area contributed by atoms with Crippen LogP contribution in [0.1, 0.15) is 31.4 Å². The molecule has 1 aliphatic rings. The first-order valence-electron chi connectivity index (χ1n) is 8.11. The number of hydrogen-bond donors (Lipinski definition) is 1. The van der Waals surface area contributed by atoms with Gasteiger partial charge in [0.15, 0.2) is 0 Å². The van der Waals surface area contributed by atoms with Gasteiger partial charge in [-0.05, 0) is 48.9 Å². The predicted octanol–water partition coefficient (Wildman–Crippen LogP) is 3.57. The van der Waals surface area contributed by atoms with Crippen LogP contribution in [0.4, 0.5) is 4.39 Å². The second-order valence-corrected chi connectivity index (χ2v) is 9.58. The van der Waals surface area contributed by atoms with E-state index in [0.29, 0.717) is 24.9 Å². The van der Waals surface area contributed by atoms with Crippen molar-refractivity contribution in [2.75, 3.05) is 6.54 Å². The van der Waals surface area contributed by atoms with Gasteiger partial charge in [-0.2, -0.15) is 4.31 Å². The number of halogens is 2. The van der Waals surface area contributed by atoms with Crippen molar-refractivity contribution in [3.05, 3.63) is 52.1 Å². The zero-order chi connectivity index (χ0) is 18.9. The molecule has 0 saturated carbocycles. The van der Waals surface area contributed by atoms with Crippen LogP contribution in [-0.4, -0.2) is 31.2 Å². The van der Waals surface area contributed by atoms with Gasteiger partial charge in [-0.15, -0.1) is 11.3 Å². The summed E-state index contributed by atoms with van der Waals surface area (Å²) >= 11 is 6.92. The van der Waals surface area contributed by atoms with Gasteiger partial charge in [0.25, 0.3) is 10.0 Å². The van der Waals surface area contributed by atoms with Gasteiger partial charge in [0.1, 0.15) is 16.1 Å². The van der Waals surface area contributed by atoms with E-state index in [2.05, 4.69) is 5.32 Å². The number of nitrogens with one attached hydrogen (secondary N) is 1. The molecule has 1 amide bonds. The average molecular weight is 417 g/mol. The quantitative estimate of drug-likeness (QED) is 0.810. The molecule has 1 aliphatic heterocycles. The van der Waals surface area contributed by atoms with E-state index in [-0.39, 0.29) is 15.1 Å². The van der Waals surface area contributed by atoms with Crippen LogP contribution in [0.3, 0.4) is 0 Å². The third-order valence-electron chi connectivity index (χ3n) is 4.37. The highest BCUT2D eigenvalue weighted by Gasteiger charge is 2.40. The molecule has 2 heterocycles. The smallest absolute Gasteiger partial charge is 0.253 e. The molecule has 2 aromatic rings. The summed E-state index contributed by atoms with van der Waals surface area (Å²) in [6.07, 6.45) is 1.09. The standard InChI is InChI=1S/C17H18ClFN2O3S2/c1-11(12-6-7-14(19)13(18)10-12)20-17(22)15-4-2-8-21(15)26(23,24)16-5-3-9-25-16/h3,5-7,9-11,15H,2,4,8H2,1H3,(H,20,22)/t11-,15-/m0/s1. The molecule has 1 N–H and O–H groups in total. The fourth-order valence-corrected chi connectivity index (χ4v) is 5.96. The molecule has 3 rings (SSSR count). The number of carbonyl (C=O) groups is 1. The maximum absolute atomic E-state index is 13.3. The van der Waals surface area contributed by atoms with Crippen molar-refractivity contribution < 1.29 is 17.6 Å². The summed E-state index contributed by atoms with van der Waals surface area (Å²) in [6, 6.07) is 6.27. The van der Waals surface area contributed by atoms with Crippen molar-refractivity contribution in [3.8, 4) is 0 Å². The summed E-state index contributed by atoms with van der Waals surface area (Å²) in [4.78, 5) is 12.7. The third-order valence-corrected chi connectivity index (χ3v) is 7.94. The van der Waals surface area contributed by atoms with Crippen LogP contribution in [-0.2, 0) is 14.8 Å². The van der Waals surface area contributed by atoms with Crippen LogP contribution in [0.5, 0.6) is 0 Å². The third kappa shape index (κ3) is 3.78. The fourth-order valence-electron chi connectivity index (χ4n) is 2.99. The van der Waals surface area contributed by atoms with Crippen LogP contribution >= 0.6 is 22.9 Å². The van der Waals surface area contributed by atoms with Gasteiger partial charge in [0.2, 0.25) is 5.91 Å². The lowest BCUT2D eigenvalue weighted by Crippen LogP contribution is -2.46. The zero-order valence-corrected chi connectivity index (χ0v) is 16.4. The normalized spacial score (nSPS) is 19.4. The molecule has 140 valence electrons. The van der Waals surface area contributed by atoms with Crippen LogP contribution in [0.2, 0.25) is 5.02 Å². The molecule has 0 unspecified atom stereocenters. The number of sulfonamides is 1. The molecule has 0 spiro atoms.